The molecule has 1 aromatic heterocycles. The highest BCUT2D eigenvalue weighted by atomic mass is 32.2. The number of rotatable bonds is 14. The van der Waals surface area contributed by atoms with Crippen LogP contribution in [0, 0.1) is 0 Å². The molecule has 0 atom stereocenters. The van der Waals surface area contributed by atoms with Gasteiger partial charge in [-0.2, -0.15) is 0 Å². The second-order valence-corrected chi connectivity index (χ2v) is 7.07. The molecule has 24 heavy (non-hydrogen) atoms. The van der Waals surface area contributed by atoms with Gasteiger partial charge in [0.25, 0.3) is 0 Å². The summed E-state index contributed by atoms with van der Waals surface area (Å²) in [6, 6.07) is 0. The molecule has 0 bridgehead atoms. The van der Waals surface area contributed by atoms with Crippen molar-refractivity contribution in [3.05, 3.63) is 5.82 Å². The Hall–Kier alpha value is -1.04. The molecule has 5 nitrogen and oxygen atoms in total. The van der Waals surface area contributed by atoms with E-state index in [1.165, 1.54) is 63.1 Å². The fourth-order valence-corrected chi connectivity index (χ4v) is 3.34. The minimum atomic E-state index is -0.203. The summed E-state index contributed by atoms with van der Waals surface area (Å²) in [4.78, 5) is 11.4. The summed E-state index contributed by atoms with van der Waals surface area (Å²) in [5, 5.41) is 9.21. The van der Waals surface area contributed by atoms with Crippen molar-refractivity contribution in [2.75, 3.05) is 12.4 Å². The molecule has 0 aliphatic rings. The highest BCUT2D eigenvalue weighted by Crippen LogP contribution is 2.17. The van der Waals surface area contributed by atoms with Crippen LogP contribution < -0.4 is 0 Å². The van der Waals surface area contributed by atoms with Gasteiger partial charge in [-0.25, -0.2) is 0 Å². The molecule has 138 valence electrons. The van der Waals surface area contributed by atoms with E-state index in [9.17, 15) is 4.79 Å². The molecule has 0 aliphatic carbocycles. The molecule has 0 fully saturated rings. The first-order valence-electron chi connectivity index (χ1n) is 9.35. The number of unbranched alkanes of at least 4 members (excludes halogenated alkanes) is 8. The average molecular weight is 356 g/mol. The maximum absolute atomic E-state index is 11.4. The number of hydrogen-bond acceptors (Lipinski definition) is 5. The minimum absolute atomic E-state index is 0.203. The Morgan fingerprint density at radius 1 is 1.00 bits per heavy atom. The molecule has 6 heteroatoms. The van der Waals surface area contributed by atoms with Gasteiger partial charge in [0, 0.05) is 13.5 Å². The van der Waals surface area contributed by atoms with Crippen LogP contribution in [0.4, 0.5) is 0 Å². The van der Waals surface area contributed by atoms with Crippen molar-refractivity contribution in [2.45, 2.75) is 83.2 Å². The summed E-state index contributed by atoms with van der Waals surface area (Å²) in [5.41, 5.74) is 0. The highest BCUT2D eigenvalue weighted by molar-refractivity contribution is 7.99. The smallest absolute Gasteiger partial charge is 0.316 e. The standard InChI is InChI=1S/C18H33N3O2S/c1-4-6-7-8-9-10-11-12-13-14-16-19-20-18(21(16)3)24-15-17(22)23-5-2/h4-15H2,1-3H3. The van der Waals surface area contributed by atoms with E-state index in [1.54, 1.807) is 0 Å². The van der Waals surface area contributed by atoms with Gasteiger partial charge in [-0.15, -0.1) is 10.2 Å². The van der Waals surface area contributed by atoms with E-state index in [0.29, 0.717) is 6.61 Å². The summed E-state index contributed by atoms with van der Waals surface area (Å²) in [5.74, 6) is 1.09. The van der Waals surface area contributed by atoms with E-state index < -0.39 is 0 Å². The van der Waals surface area contributed by atoms with Crippen molar-refractivity contribution in [3.63, 3.8) is 0 Å². The molecule has 1 heterocycles. The van der Waals surface area contributed by atoms with Crippen LogP contribution in [0.3, 0.4) is 0 Å². The first-order chi connectivity index (χ1) is 11.7. The average Bonchev–Trinajstić information content (AvgIpc) is 2.92. The molecule has 0 N–H and O–H groups in total. The highest BCUT2D eigenvalue weighted by Gasteiger charge is 2.11. The topological polar surface area (TPSA) is 57.0 Å². The number of hydrogen-bond donors (Lipinski definition) is 0. The normalized spacial score (nSPS) is 11.0. The molecular weight excluding hydrogens is 322 g/mol. The lowest BCUT2D eigenvalue weighted by atomic mass is 10.1. The molecule has 1 rings (SSSR count). The van der Waals surface area contributed by atoms with Gasteiger partial charge in [-0.1, -0.05) is 70.1 Å². The number of carbonyl (C=O) groups is 1. The Bertz CT molecular complexity index is 463. The van der Waals surface area contributed by atoms with Crippen molar-refractivity contribution >= 4 is 17.7 Å². The number of aryl methyl sites for hydroxylation is 1. The zero-order valence-corrected chi connectivity index (χ0v) is 16.4. The number of thioether (sulfide) groups is 1. The van der Waals surface area contributed by atoms with Crippen LogP contribution in [-0.4, -0.2) is 33.1 Å². The van der Waals surface area contributed by atoms with Gasteiger partial charge in [-0.3, -0.25) is 4.79 Å². The van der Waals surface area contributed by atoms with Gasteiger partial charge < -0.3 is 9.30 Å². The summed E-state index contributed by atoms with van der Waals surface area (Å²) in [6.45, 7) is 4.49. The van der Waals surface area contributed by atoms with E-state index in [2.05, 4.69) is 17.1 Å². The second kappa shape index (κ2) is 13.3. The zero-order valence-electron chi connectivity index (χ0n) is 15.6. The lowest BCUT2D eigenvalue weighted by molar-refractivity contribution is -0.139. The van der Waals surface area contributed by atoms with Crippen LogP contribution in [0.15, 0.2) is 5.16 Å². The maximum Gasteiger partial charge on any atom is 0.316 e. The quantitative estimate of drug-likeness (QED) is 0.278. The predicted octanol–water partition coefficient (Wildman–Crippen LogP) is 4.54. The molecule has 0 aromatic carbocycles. The van der Waals surface area contributed by atoms with Gasteiger partial charge in [0.1, 0.15) is 5.82 Å². The predicted molar refractivity (Wildman–Crippen MR) is 99.3 cm³/mol. The minimum Gasteiger partial charge on any atom is -0.465 e. The van der Waals surface area contributed by atoms with Crippen LogP contribution in [0.1, 0.15) is 77.5 Å². The molecule has 0 spiro atoms. The molecule has 0 saturated carbocycles. The zero-order chi connectivity index (χ0) is 17.6. The molecule has 0 saturated heterocycles. The van der Waals surface area contributed by atoms with Crippen LogP contribution in [0.2, 0.25) is 0 Å². The van der Waals surface area contributed by atoms with Crippen molar-refractivity contribution in [3.8, 4) is 0 Å². The second-order valence-electron chi connectivity index (χ2n) is 6.13. The van der Waals surface area contributed by atoms with Crippen LogP contribution in [0.5, 0.6) is 0 Å². The molecule has 0 radical (unpaired) electrons. The number of ether oxygens (including phenoxy) is 1. The number of esters is 1. The summed E-state index contributed by atoms with van der Waals surface area (Å²) < 4.78 is 6.92. The van der Waals surface area contributed by atoms with Crippen molar-refractivity contribution in [1.82, 2.24) is 14.8 Å². The van der Waals surface area contributed by atoms with Crippen LogP contribution in [0.25, 0.3) is 0 Å². The Balaban J connectivity index is 2.14. The Labute approximate surface area is 150 Å². The fourth-order valence-electron chi connectivity index (χ4n) is 2.61. The Kier molecular flexibility index (Phi) is 11.6. The fraction of sp³-hybridized carbons (Fsp3) is 0.833. The monoisotopic (exact) mass is 355 g/mol. The van der Waals surface area contributed by atoms with E-state index in [4.69, 9.17) is 4.74 Å². The van der Waals surface area contributed by atoms with E-state index in [0.717, 1.165) is 23.8 Å². The molecule has 0 unspecified atom stereocenters. The SMILES string of the molecule is CCCCCCCCCCCc1nnc(SCC(=O)OCC)n1C. The van der Waals surface area contributed by atoms with Crippen molar-refractivity contribution in [2.24, 2.45) is 7.05 Å². The van der Waals surface area contributed by atoms with Crippen LogP contribution >= 0.6 is 11.8 Å². The molecular formula is C18H33N3O2S. The maximum atomic E-state index is 11.4. The van der Waals surface area contributed by atoms with Crippen molar-refractivity contribution in [1.29, 1.82) is 0 Å². The third-order valence-corrected chi connectivity index (χ3v) is 5.05. The Morgan fingerprint density at radius 2 is 1.62 bits per heavy atom. The van der Waals surface area contributed by atoms with Gasteiger partial charge in [0.15, 0.2) is 5.16 Å². The first kappa shape index (κ1) is 21.0. The first-order valence-corrected chi connectivity index (χ1v) is 10.3. The van der Waals surface area contributed by atoms with E-state index in [-0.39, 0.29) is 11.7 Å². The number of carbonyl (C=O) groups excluding carboxylic acids is 1. The van der Waals surface area contributed by atoms with Crippen LogP contribution in [-0.2, 0) is 23.0 Å². The Morgan fingerprint density at radius 3 is 2.25 bits per heavy atom. The van der Waals surface area contributed by atoms with E-state index in [1.807, 2.05) is 18.5 Å². The number of nitrogens with zero attached hydrogens (tertiary/aromatic N) is 3. The van der Waals surface area contributed by atoms with Gasteiger partial charge in [0.2, 0.25) is 0 Å². The number of aromatic nitrogens is 3. The lowest BCUT2D eigenvalue weighted by Gasteiger charge is -2.04. The third-order valence-electron chi connectivity index (χ3n) is 4.05. The largest absolute Gasteiger partial charge is 0.465 e. The molecule has 0 aliphatic heterocycles. The third kappa shape index (κ3) is 8.71. The van der Waals surface area contributed by atoms with Gasteiger partial charge in [0.05, 0.1) is 12.4 Å². The summed E-state index contributed by atoms with van der Waals surface area (Å²) in [7, 11) is 1.97. The molecule has 1 aromatic rings. The van der Waals surface area contributed by atoms with E-state index >= 15 is 0 Å². The van der Waals surface area contributed by atoms with Crippen molar-refractivity contribution < 1.29 is 9.53 Å². The lowest BCUT2D eigenvalue weighted by Crippen LogP contribution is -2.07. The molecule has 0 amide bonds. The van der Waals surface area contributed by atoms with Gasteiger partial charge >= 0.3 is 5.97 Å². The van der Waals surface area contributed by atoms with Gasteiger partial charge in [-0.05, 0) is 13.3 Å². The summed E-state index contributed by atoms with van der Waals surface area (Å²) in [6.07, 6.45) is 12.9. The summed E-state index contributed by atoms with van der Waals surface area (Å²) >= 11 is 1.39.